The number of hydrogen-bond donors (Lipinski definition) is 0. The van der Waals surface area contributed by atoms with Crippen LogP contribution in [0.1, 0.15) is 36.8 Å². The molecule has 2 aliphatic rings. The Bertz CT molecular complexity index is 868. The molecule has 1 saturated heterocycles. The molecule has 0 radical (unpaired) electrons. The number of rotatable bonds is 3. The molecule has 140 valence electrons. The predicted octanol–water partition coefficient (Wildman–Crippen LogP) is 5.83. The van der Waals surface area contributed by atoms with Crippen molar-refractivity contribution in [1.82, 2.24) is 4.90 Å². The van der Waals surface area contributed by atoms with Gasteiger partial charge in [-0.2, -0.15) is 0 Å². The van der Waals surface area contributed by atoms with Crippen LogP contribution in [0.15, 0.2) is 54.6 Å². The summed E-state index contributed by atoms with van der Waals surface area (Å²) < 4.78 is 19.4. The molecule has 0 aliphatic carbocycles. The van der Waals surface area contributed by atoms with Gasteiger partial charge in [0.25, 0.3) is 0 Å². The van der Waals surface area contributed by atoms with E-state index in [0.29, 0.717) is 6.42 Å². The van der Waals surface area contributed by atoms with Gasteiger partial charge in [0.2, 0.25) is 0 Å². The van der Waals surface area contributed by atoms with Crippen LogP contribution >= 0.6 is 11.6 Å². The van der Waals surface area contributed by atoms with Crippen molar-refractivity contribution in [3.8, 4) is 0 Å². The number of piperidine rings is 1. The lowest BCUT2D eigenvalue weighted by atomic mass is 9.83. The number of benzene rings is 2. The van der Waals surface area contributed by atoms with Crippen LogP contribution in [0, 0.1) is 5.82 Å². The summed E-state index contributed by atoms with van der Waals surface area (Å²) >= 11 is 5.80. The number of nitrogens with zero attached hydrogens (tertiary/aromatic N) is 1. The molecule has 0 saturated carbocycles. The molecule has 2 atom stereocenters. The summed E-state index contributed by atoms with van der Waals surface area (Å²) in [5.74, 6) is -0.412. The van der Waals surface area contributed by atoms with Crippen LogP contribution in [0.5, 0.6) is 0 Å². The van der Waals surface area contributed by atoms with E-state index in [-0.39, 0.29) is 29.8 Å². The SMILES string of the molecule is O=C(OCc1ccccc1)N1C2C=C(c3ccc(Cl)c(F)c3)CC1CCC2. The Labute approximate surface area is 163 Å². The van der Waals surface area contributed by atoms with Gasteiger partial charge in [0.15, 0.2) is 0 Å². The van der Waals surface area contributed by atoms with Crippen molar-refractivity contribution in [2.24, 2.45) is 0 Å². The minimum atomic E-state index is -0.412. The van der Waals surface area contributed by atoms with Gasteiger partial charge in [-0.3, -0.25) is 4.90 Å². The summed E-state index contributed by atoms with van der Waals surface area (Å²) in [6.45, 7) is 0.272. The van der Waals surface area contributed by atoms with Crippen molar-refractivity contribution in [2.45, 2.75) is 44.4 Å². The second-order valence-corrected chi connectivity index (χ2v) is 7.53. The second kappa shape index (κ2) is 7.73. The lowest BCUT2D eigenvalue weighted by Gasteiger charge is -2.44. The molecule has 2 heterocycles. The summed E-state index contributed by atoms with van der Waals surface area (Å²) in [5.41, 5.74) is 2.89. The average Bonchev–Trinajstić information content (AvgIpc) is 2.68. The number of ether oxygens (including phenoxy) is 1. The Kier molecular flexibility index (Phi) is 5.17. The normalized spacial score (nSPS) is 21.6. The van der Waals surface area contributed by atoms with Crippen LogP contribution in [0.4, 0.5) is 9.18 Å². The highest BCUT2D eigenvalue weighted by atomic mass is 35.5. The van der Waals surface area contributed by atoms with Crippen LogP contribution in [-0.2, 0) is 11.3 Å². The Morgan fingerprint density at radius 1 is 1.19 bits per heavy atom. The number of fused-ring (bicyclic) bond motifs is 2. The molecular weight excluding hydrogens is 365 g/mol. The van der Waals surface area contributed by atoms with Crippen molar-refractivity contribution in [1.29, 1.82) is 0 Å². The van der Waals surface area contributed by atoms with Gasteiger partial charge in [0, 0.05) is 6.04 Å². The summed E-state index contributed by atoms with van der Waals surface area (Å²) in [4.78, 5) is 14.6. The maximum atomic E-state index is 13.8. The van der Waals surface area contributed by atoms with Gasteiger partial charge in [-0.25, -0.2) is 9.18 Å². The topological polar surface area (TPSA) is 29.5 Å². The molecule has 1 fully saturated rings. The van der Waals surface area contributed by atoms with Crippen molar-refractivity contribution >= 4 is 23.3 Å². The lowest BCUT2D eigenvalue weighted by Crippen LogP contribution is -2.51. The molecule has 3 nitrogen and oxygen atoms in total. The van der Waals surface area contributed by atoms with Gasteiger partial charge in [-0.1, -0.05) is 54.1 Å². The molecule has 5 heteroatoms. The van der Waals surface area contributed by atoms with Crippen molar-refractivity contribution in [3.63, 3.8) is 0 Å². The van der Waals surface area contributed by atoms with Gasteiger partial charge in [-0.05, 0) is 54.5 Å². The first-order valence-corrected chi connectivity index (χ1v) is 9.65. The molecule has 2 bridgehead atoms. The molecule has 2 unspecified atom stereocenters. The Morgan fingerprint density at radius 3 is 2.74 bits per heavy atom. The standard InChI is InChI=1S/C22H21ClFNO2/c23-20-10-9-16(13-21(20)24)17-11-18-7-4-8-19(12-17)25(18)22(26)27-14-15-5-2-1-3-6-15/h1-3,5-6,9-11,13,18-19H,4,7-8,12,14H2. The van der Waals surface area contributed by atoms with E-state index in [4.69, 9.17) is 16.3 Å². The van der Waals surface area contributed by atoms with Crippen LogP contribution < -0.4 is 0 Å². The minimum Gasteiger partial charge on any atom is -0.445 e. The minimum absolute atomic E-state index is 0.00508. The first-order valence-electron chi connectivity index (χ1n) is 9.27. The van der Waals surface area contributed by atoms with Crippen LogP contribution in [0.2, 0.25) is 5.02 Å². The monoisotopic (exact) mass is 385 g/mol. The largest absolute Gasteiger partial charge is 0.445 e. The Balaban J connectivity index is 1.51. The zero-order valence-corrected chi connectivity index (χ0v) is 15.7. The third-order valence-electron chi connectivity index (χ3n) is 5.34. The van der Waals surface area contributed by atoms with Gasteiger partial charge in [0.05, 0.1) is 11.1 Å². The maximum absolute atomic E-state index is 13.8. The third-order valence-corrected chi connectivity index (χ3v) is 5.65. The molecule has 0 N–H and O–H groups in total. The predicted molar refractivity (Wildman–Crippen MR) is 104 cm³/mol. The molecule has 27 heavy (non-hydrogen) atoms. The fourth-order valence-electron chi connectivity index (χ4n) is 4.02. The highest BCUT2D eigenvalue weighted by molar-refractivity contribution is 6.30. The fraction of sp³-hybridized carbons (Fsp3) is 0.318. The Morgan fingerprint density at radius 2 is 2.00 bits per heavy atom. The van der Waals surface area contributed by atoms with Crippen molar-refractivity contribution < 1.29 is 13.9 Å². The quantitative estimate of drug-likeness (QED) is 0.665. The highest BCUT2D eigenvalue weighted by Gasteiger charge is 2.38. The summed E-state index contributed by atoms with van der Waals surface area (Å²) in [7, 11) is 0. The maximum Gasteiger partial charge on any atom is 0.410 e. The molecule has 0 spiro atoms. The number of hydrogen-bond acceptors (Lipinski definition) is 2. The van der Waals surface area contributed by atoms with Crippen molar-refractivity contribution in [2.75, 3.05) is 0 Å². The average molecular weight is 386 g/mol. The van der Waals surface area contributed by atoms with E-state index in [9.17, 15) is 9.18 Å². The van der Waals surface area contributed by atoms with Crippen LogP contribution in [-0.4, -0.2) is 23.1 Å². The zero-order valence-electron chi connectivity index (χ0n) is 14.9. The summed E-state index contributed by atoms with van der Waals surface area (Å²) in [5, 5.41) is 0.126. The van der Waals surface area contributed by atoms with E-state index in [2.05, 4.69) is 6.08 Å². The molecule has 2 aliphatic heterocycles. The third kappa shape index (κ3) is 3.86. The molecular formula is C22H21ClFNO2. The van der Waals surface area contributed by atoms with Gasteiger partial charge in [-0.15, -0.1) is 0 Å². The second-order valence-electron chi connectivity index (χ2n) is 7.12. The zero-order chi connectivity index (χ0) is 18.8. The van der Waals surface area contributed by atoms with Gasteiger partial charge >= 0.3 is 6.09 Å². The Hall–Kier alpha value is -2.33. The summed E-state index contributed by atoms with van der Waals surface area (Å²) in [6, 6.07) is 14.7. The smallest absolute Gasteiger partial charge is 0.410 e. The number of carbonyl (C=O) groups is 1. The van der Waals surface area contributed by atoms with Gasteiger partial charge < -0.3 is 4.74 Å². The molecule has 2 aromatic rings. The molecule has 1 amide bonds. The molecule has 2 aromatic carbocycles. The van der Waals surface area contributed by atoms with E-state index in [1.54, 1.807) is 6.07 Å². The summed E-state index contributed by atoms with van der Waals surface area (Å²) in [6.07, 6.45) is 5.43. The number of carbonyl (C=O) groups excluding carboxylic acids is 1. The van der Waals surface area contributed by atoms with Crippen molar-refractivity contribution in [3.05, 3.63) is 76.6 Å². The van der Waals surface area contributed by atoms with Crippen LogP contribution in [0.3, 0.4) is 0 Å². The van der Waals surface area contributed by atoms with E-state index >= 15 is 0 Å². The van der Waals surface area contributed by atoms with Gasteiger partial charge in [0.1, 0.15) is 12.4 Å². The molecule has 0 aromatic heterocycles. The first-order chi connectivity index (χ1) is 13.1. The first kappa shape index (κ1) is 18.1. The highest BCUT2D eigenvalue weighted by Crippen LogP contribution is 2.38. The molecule has 4 rings (SSSR count). The number of halogens is 2. The van der Waals surface area contributed by atoms with E-state index < -0.39 is 5.82 Å². The van der Waals surface area contributed by atoms with E-state index in [0.717, 1.165) is 36.0 Å². The van der Waals surface area contributed by atoms with E-state index in [1.807, 2.05) is 41.3 Å². The fourth-order valence-corrected chi connectivity index (χ4v) is 4.14. The lowest BCUT2D eigenvalue weighted by molar-refractivity contribution is 0.0510. The van der Waals surface area contributed by atoms with Crippen LogP contribution in [0.25, 0.3) is 5.57 Å². The van der Waals surface area contributed by atoms with E-state index in [1.165, 1.54) is 6.07 Å². The number of amides is 1.